The summed E-state index contributed by atoms with van der Waals surface area (Å²) in [5.41, 5.74) is 2.91. The molecule has 0 unspecified atom stereocenters. The number of aromatic hydroxyl groups is 1. The maximum atomic E-state index is 9.39. The zero-order chi connectivity index (χ0) is 10.1. The number of nitrogens with zero attached hydrogens (tertiary/aromatic N) is 2. The molecule has 0 amide bonds. The van der Waals surface area contributed by atoms with Gasteiger partial charge in [0.15, 0.2) is 5.75 Å². The van der Waals surface area contributed by atoms with Gasteiger partial charge in [0.2, 0.25) is 0 Å². The molecule has 0 saturated carbocycles. The summed E-state index contributed by atoms with van der Waals surface area (Å²) in [6, 6.07) is 8.00. The van der Waals surface area contributed by atoms with Crippen LogP contribution in [0.4, 0.5) is 0 Å². The lowest BCUT2D eigenvalue weighted by Gasteiger charge is -2.04. The zero-order valence-corrected chi connectivity index (χ0v) is 8.23. The van der Waals surface area contributed by atoms with Gasteiger partial charge in [0.1, 0.15) is 0 Å². The van der Waals surface area contributed by atoms with Gasteiger partial charge in [0.25, 0.3) is 0 Å². The van der Waals surface area contributed by atoms with E-state index < -0.39 is 0 Å². The van der Waals surface area contributed by atoms with E-state index >= 15 is 0 Å². The van der Waals surface area contributed by atoms with E-state index in [2.05, 4.69) is 5.10 Å². The Kier molecular flexibility index (Phi) is 2.00. The van der Waals surface area contributed by atoms with E-state index in [9.17, 15) is 5.11 Å². The minimum absolute atomic E-state index is 0.228. The summed E-state index contributed by atoms with van der Waals surface area (Å²) < 4.78 is 1.72. The molecule has 2 aromatic rings. The van der Waals surface area contributed by atoms with E-state index in [1.54, 1.807) is 4.68 Å². The van der Waals surface area contributed by atoms with Gasteiger partial charge in [-0.05, 0) is 31.5 Å². The molecular formula is C11H12N2O. The van der Waals surface area contributed by atoms with Crippen LogP contribution in [0.1, 0.15) is 11.3 Å². The van der Waals surface area contributed by atoms with Gasteiger partial charge in [-0.3, -0.25) is 0 Å². The van der Waals surface area contributed by atoms with E-state index in [-0.39, 0.29) is 5.75 Å². The number of aromatic nitrogens is 2. The van der Waals surface area contributed by atoms with Crippen molar-refractivity contribution in [2.24, 2.45) is 0 Å². The number of hydrogen-bond donors (Lipinski definition) is 1. The standard InChI is InChI=1S/C11H12N2O/c1-8-4-3-5-10(6-8)13-9(2)11(14)7-12-13/h3-7,14H,1-2H3. The van der Waals surface area contributed by atoms with E-state index in [1.165, 1.54) is 11.8 Å². The summed E-state index contributed by atoms with van der Waals surface area (Å²) in [6.07, 6.45) is 1.46. The first kappa shape index (κ1) is 8.81. The highest BCUT2D eigenvalue weighted by Crippen LogP contribution is 2.18. The average Bonchev–Trinajstić information content (AvgIpc) is 2.48. The van der Waals surface area contributed by atoms with E-state index in [0.29, 0.717) is 0 Å². The summed E-state index contributed by atoms with van der Waals surface area (Å²) in [7, 11) is 0. The second kappa shape index (κ2) is 3.18. The number of aryl methyl sites for hydroxylation is 1. The Morgan fingerprint density at radius 3 is 2.64 bits per heavy atom. The first-order valence-electron chi connectivity index (χ1n) is 4.49. The van der Waals surface area contributed by atoms with Crippen molar-refractivity contribution in [2.75, 3.05) is 0 Å². The molecule has 1 heterocycles. The van der Waals surface area contributed by atoms with Gasteiger partial charge in [-0.2, -0.15) is 5.10 Å². The van der Waals surface area contributed by atoms with Crippen molar-refractivity contribution in [3.8, 4) is 11.4 Å². The first-order valence-corrected chi connectivity index (χ1v) is 4.49. The van der Waals surface area contributed by atoms with Crippen LogP contribution in [-0.2, 0) is 0 Å². The third-order valence-electron chi connectivity index (χ3n) is 2.23. The van der Waals surface area contributed by atoms with Crippen LogP contribution in [0.5, 0.6) is 5.75 Å². The van der Waals surface area contributed by atoms with Crippen molar-refractivity contribution in [2.45, 2.75) is 13.8 Å². The van der Waals surface area contributed by atoms with Crippen LogP contribution in [-0.4, -0.2) is 14.9 Å². The smallest absolute Gasteiger partial charge is 0.156 e. The Morgan fingerprint density at radius 2 is 2.07 bits per heavy atom. The van der Waals surface area contributed by atoms with Crippen LogP contribution in [0.2, 0.25) is 0 Å². The number of benzene rings is 1. The lowest BCUT2D eigenvalue weighted by molar-refractivity contribution is 0.470. The molecule has 1 N–H and O–H groups in total. The van der Waals surface area contributed by atoms with Gasteiger partial charge < -0.3 is 5.11 Å². The highest BCUT2D eigenvalue weighted by Gasteiger charge is 2.05. The van der Waals surface area contributed by atoms with Crippen LogP contribution in [0.3, 0.4) is 0 Å². The second-order valence-corrected chi connectivity index (χ2v) is 3.37. The molecule has 0 aliphatic carbocycles. The normalized spacial score (nSPS) is 10.4. The highest BCUT2D eigenvalue weighted by molar-refractivity contribution is 5.38. The van der Waals surface area contributed by atoms with Gasteiger partial charge >= 0.3 is 0 Å². The molecule has 1 aromatic carbocycles. The Balaban J connectivity index is 2.55. The first-order chi connectivity index (χ1) is 6.68. The van der Waals surface area contributed by atoms with Gasteiger partial charge in [0.05, 0.1) is 17.6 Å². The molecule has 3 nitrogen and oxygen atoms in total. The van der Waals surface area contributed by atoms with Crippen molar-refractivity contribution in [3.05, 3.63) is 41.7 Å². The Morgan fingerprint density at radius 1 is 1.29 bits per heavy atom. The minimum atomic E-state index is 0.228. The topological polar surface area (TPSA) is 38.0 Å². The van der Waals surface area contributed by atoms with Crippen LogP contribution < -0.4 is 0 Å². The monoisotopic (exact) mass is 188 g/mol. The van der Waals surface area contributed by atoms with Crippen molar-refractivity contribution in [1.82, 2.24) is 9.78 Å². The van der Waals surface area contributed by atoms with Crippen LogP contribution in [0.25, 0.3) is 5.69 Å². The zero-order valence-electron chi connectivity index (χ0n) is 8.23. The molecule has 0 radical (unpaired) electrons. The van der Waals surface area contributed by atoms with Crippen molar-refractivity contribution in [3.63, 3.8) is 0 Å². The van der Waals surface area contributed by atoms with Gasteiger partial charge in [-0.25, -0.2) is 4.68 Å². The van der Waals surface area contributed by atoms with Crippen molar-refractivity contribution >= 4 is 0 Å². The van der Waals surface area contributed by atoms with E-state index in [4.69, 9.17) is 0 Å². The molecule has 0 saturated heterocycles. The molecule has 1 aromatic heterocycles. The summed E-state index contributed by atoms with van der Waals surface area (Å²) in [6.45, 7) is 3.87. The van der Waals surface area contributed by atoms with Gasteiger partial charge in [0, 0.05) is 0 Å². The predicted molar refractivity (Wildman–Crippen MR) is 54.7 cm³/mol. The summed E-state index contributed by atoms with van der Waals surface area (Å²) in [5, 5.41) is 13.5. The van der Waals surface area contributed by atoms with Gasteiger partial charge in [-0.15, -0.1) is 0 Å². The number of rotatable bonds is 1. The van der Waals surface area contributed by atoms with Crippen molar-refractivity contribution in [1.29, 1.82) is 0 Å². The lowest BCUT2D eigenvalue weighted by Crippen LogP contribution is -1.98. The maximum Gasteiger partial charge on any atom is 0.156 e. The second-order valence-electron chi connectivity index (χ2n) is 3.37. The average molecular weight is 188 g/mol. The summed E-state index contributed by atoms with van der Waals surface area (Å²) in [4.78, 5) is 0. The van der Waals surface area contributed by atoms with Crippen LogP contribution in [0, 0.1) is 13.8 Å². The molecule has 72 valence electrons. The third kappa shape index (κ3) is 1.37. The van der Waals surface area contributed by atoms with Gasteiger partial charge in [-0.1, -0.05) is 12.1 Å². The lowest BCUT2D eigenvalue weighted by atomic mass is 10.2. The molecule has 0 spiro atoms. The third-order valence-corrected chi connectivity index (χ3v) is 2.23. The fourth-order valence-corrected chi connectivity index (χ4v) is 1.42. The maximum absolute atomic E-state index is 9.39. The van der Waals surface area contributed by atoms with E-state index in [0.717, 1.165) is 11.4 Å². The molecule has 2 rings (SSSR count). The van der Waals surface area contributed by atoms with Crippen molar-refractivity contribution < 1.29 is 5.11 Å². The molecule has 0 aliphatic rings. The quantitative estimate of drug-likeness (QED) is 0.745. The molecular weight excluding hydrogens is 176 g/mol. The fraction of sp³-hybridized carbons (Fsp3) is 0.182. The molecule has 0 atom stereocenters. The van der Waals surface area contributed by atoms with E-state index in [1.807, 2.05) is 38.1 Å². The molecule has 14 heavy (non-hydrogen) atoms. The summed E-state index contributed by atoms with van der Waals surface area (Å²) in [5.74, 6) is 0.228. The Bertz CT molecular complexity index is 460. The fourth-order valence-electron chi connectivity index (χ4n) is 1.42. The SMILES string of the molecule is Cc1cccc(-n2ncc(O)c2C)c1. The summed E-state index contributed by atoms with van der Waals surface area (Å²) >= 11 is 0. The highest BCUT2D eigenvalue weighted by atomic mass is 16.3. The largest absolute Gasteiger partial charge is 0.504 e. The molecule has 0 fully saturated rings. The molecule has 3 heteroatoms. The Hall–Kier alpha value is -1.77. The minimum Gasteiger partial charge on any atom is -0.504 e. The van der Waals surface area contributed by atoms with Crippen LogP contribution in [0.15, 0.2) is 30.5 Å². The number of hydrogen-bond acceptors (Lipinski definition) is 2. The molecule has 0 aliphatic heterocycles. The van der Waals surface area contributed by atoms with Crippen LogP contribution >= 0.6 is 0 Å². The predicted octanol–water partition coefficient (Wildman–Crippen LogP) is 2.19. The molecule has 0 bridgehead atoms. The Labute approximate surface area is 82.6 Å².